The summed E-state index contributed by atoms with van der Waals surface area (Å²) in [5, 5.41) is 0. The summed E-state index contributed by atoms with van der Waals surface area (Å²) in [4.78, 5) is 11.6. The summed E-state index contributed by atoms with van der Waals surface area (Å²) in [5.41, 5.74) is -0.431. The molecule has 2 aliphatic rings. The van der Waals surface area contributed by atoms with Crippen molar-refractivity contribution in [1.82, 2.24) is 0 Å². The Morgan fingerprint density at radius 1 is 1.50 bits per heavy atom. The van der Waals surface area contributed by atoms with E-state index in [0.29, 0.717) is 5.94 Å². The first-order valence-electron chi connectivity index (χ1n) is 4.26. The second-order valence-corrected chi connectivity index (χ2v) is 4.27. The SMILES string of the molecule is O=C1C=CCCC12CCSCO2. The van der Waals surface area contributed by atoms with E-state index in [1.165, 1.54) is 0 Å². The van der Waals surface area contributed by atoms with E-state index in [4.69, 9.17) is 4.74 Å². The van der Waals surface area contributed by atoms with Crippen molar-refractivity contribution in [3.63, 3.8) is 0 Å². The van der Waals surface area contributed by atoms with Gasteiger partial charge in [-0.05, 0) is 31.1 Å². The fraction of sp³-hybridized carbons (Fsp3) is 0.667. The van der Waals surface area contributed by atoms with E-state index in [-0.39, 0.29) is 5.78 Å². The van der Waals surface area contributed by atoms with Crippen molar-refractivity contribution < 1.29 is 9.53 Å². The van der Waals surface area contributed by atoms with E-state index in [1.54, 1.807) is 17.8 Å². The minimum Gasteiger partial charge on any atom is -0.356 e. The van der Waals surface area contributed by atoms with Crippen molar-refractivity contribution in [2.45, 2.75) is 24.9 Å². The van der Waals surface area contributed by atoms with Crippen molar-refractivity contribution in [2.24, 2.45) is 0 Å². The number of hydrogen-bond acceptors (Lipinski definition) is 3. The zero-order valence-corrected chi connectivity index (χ0v) is 7.73. The highest BCUT2D eigenvalue weighted by Gasteiger charge is 2.40. The lowest BCUT2D eigenvalue weighted by molar-refractivity contribution is -0.139. The molecular weight excluding hydrogens is 172 g/mol. The molecule has 66 valence electrons. The predicted molar refractivity (Wildman–Crippen MR) is 49.1 cm³/mol. The maximum atomic E-state index is 11.6. The van der Waals surface area contributed by atoms with Gasteiger partial charge in [-0.15, -0.1) is 11.8 Å². The summed E-state index contributed by atoms with van der Waals surface area (Å²) in [6.45, 7) is 0. The van der Waals surface area contributed by atoms with Gasteiger partial charge in [0.25, 0.3) is 0 Å². The third-order valence-corrected chi connectivity index (χ3v) is 3.28. The molecule has 12 heavy (non-hydrogen) atoms. The average Bonchev–Trinajstić information content (AvgIpc) is 2.12. The fourth-order valence-electron chi connectivity index (χ4n) is 1.70. The third-order valence-electron chi connectivity index (χ3n) is 2.50. The van der Waals surface area contributed by atoms with Gasteiger partial charge in [-0.25, -0.2) is 0 Å². The number of allylic oxidation sites excluding steroid dienone is 1. The number of rotatable bonds is 0. The van der Waals surface area contributed by atoms with Gasteiger partial charge < -0.3 is 4.74 Å². The van der Waals surface area contributed by atoms with Gasteiger partial charge in [0, 0.05) is 0 Å². The summed E-state index contributed by atoms with van der Waals surface area (Å²) in [6.07, 6.45) is 6.37. The Balaban J connectivity index is 2.17. The first kappa shape index (κ1) is 8.32. The van der Waals surface area contributed by atoms with Crippen molar-refractivity contribution >= 4 is 17.5 Å². The van der Waals surface area contributed by atoms with Gasteiger partial charge in [0.15, 0.2) is 5.78 Å². The molecule has 0 amide bonds. The van der Waals surface area contributed by atoms with Crippen molar-refractivity contribution in [3.05, 3.63) is 12.2 Å². The molecule has 1 fully saturated rings. The van der Waals surface area contributed by atoms with Crippen LogP contribution in [0.15, 0.2) is 12.2 Å². The minimum absolute atomic E-state index is 0.175. The molecule has 1 spiro atoms. The molecule has 0 bridgehead atoms. The molecule has 1 atom stereocenters. The van der Waals surface area contributed by atoms with Gasteiger partial charge in [0.2, 0.25) is 0 Å². The van der Waals surface area contributed by atoms with Crippen LogP contribution < -0.4 is 0 Å². The molecule has 2 rings (SSSR count). The van der Waals surface area contributed by atoms with E-state index in [2.05, 4.69) is 0 Å². The second-order valence-electron chi connectivity index (χ2n) is 3.22. The highest BCUT2D eigenvalue weighted by Crippen LogP contribution is 2.34. The van der Waals surface area contributed by atoms with Crippen LogP contribution in [0.3, 0.4) is 0 Å². The van der Waals surface area contributed by atoms with Gasteiger partial charge in [-0.3, -0.25) is 4.79 Å². The van der Waals surface area contributed by atoms with Crippen molar-refractivity contribution in [2.75, 3.05) is 11.7 Å². The Morgan fingerprint density at radius 3 is 3.08 bits per heavy atom. The lowest BCUT2D eigenvalue weighted by atomic mass is 9.85. The predicted octanol–water partition coefficient (Wildman–Crippen LogP) is 1.76. The van der Waals surface area contributed by atoms with Crippen LogP contribution in [0.25, 0.3) is 0 Å². The Bertz CT molecular complexity index is 217. The highest BCUT2D eigenvalue weighted by molar-refractivity contribution is 7.99. The monoisotopic (exact) mass is 184 g/mol. The van der Waals surface area contributed by atoms with Crippen molar-refractivity contribution in [1.29, 1.82) is 0 Å². The molecule has 0 N–H and O–H groups in total. The quantitative estimate of drug-likeness (QED) is 0.574. The van der Waals surface area contributed by atoms with Crippen LogP contribution in [-0.2, 0) is 9.53 Å². The van der Waals surface area contributed by atoms with Crippen LogP contribution in [0.5, 0.6) is 0 Å². The Labute approximate surface area is 76.4 Å². The van der Waals surface area contributed by atoms with Gasteiger partial charge in [-0.1, -0.05) is 6.08 Å². The summed E-state index contributed by atoms with van der Waals surface area (Å²) in [5.74, 6) is 1.91. The highest BCUT2D eigenvalue weighted by atomic mass is 32.2. The normalized spacial score (nSPS) is 35.8. The molecule has 1 saturated heterocycles. The molecule has 1 aliphatic heterocycles. The fourth-order valence-corrected chi connectivity index (χ4v) is 2.60. The van der Waals surface area contributed by atoms with Crippen LogP contribution in [0, 0.1) is 0 Å². The molecule has 0 aromatic carbocycles. The van der Waals surface area contributed by atoms with Gasteiger partial charge in [0.1, 0.15) is 5.60 Å². The van der Waals surface area contributed by atoms with Gasteiger partial charge >= 0.3 is 0 Å². The standard InChI is InChI=1S/C9H12O2S/c10-8-3-1-2-4-9(8)5-6-12-7-11-9/h1,3H,2,4-7H2. The molecule has 1 heterocycles. The molecule has 0 aromatic rings. The average molecular weight is 184 g/mol. The zero-order chi connectivity index (χ0) is 8.44. The molecule has 1 aliphatic carbocycles. The zero-order valence-electron chi connectivity index (χ0n) is 6.91. The Kier molecular flexibility index (Phi) is 2.24. The smallest absolute Gasteiger partial charge is 0.187 e. The Hall–Kier alpha value is -0.280. The Morgan fingerprint density at radius 2 is 2.42 bits per heavy atom. The van der Waals surface area contributed by atoms with Crippen molar-refractivity contribution in [3.8, 4) is 0 Å². The van der Waals surface area contributed by atoms with E-state index in [9.17, 15) is 4.79 Å². The summed E-state index contributed by atoms with van der Waals surface area (Å²) < 4.78 is 5.58. The first-order valence-corrected chi connectivity index (χ1v) is 5.42. The van der Waals surface area contributed by atoms with Crippen LogP contribution in [0.4, 0.5) is 0 Å². The molecule has 0 saturated carbocycles. The van der Waals surface area contributed by atoms with E-state index in [0.717, 1.165) is 25.0 Å². The number of ketones is 1. The second kappa shape index (κ2) is 3.23. The largest absolute Gasteiger partial charge is 0.356 e. The molecule has 0 radical (unpaired) electrons. The summed E-state index contributed by atoms with van der Waals surface area (Å²) in [6, 6.07) is 0. The molecule has 2 nitrogen and oxygen atoms in total. The summed E-state index contributed by atoms with van der Waals surface area (Å²) in [7, 11) is 0. The van der Waals surface area contributed by atoms with E-state index < -0.39 is 5.60 Å². The van der Waals surface area contributed by atoms with Crippen LogP contribution in [-0.4, -0.2) is 23.1 Å². The maximum absolute atomic E-state index is 11.6. The molecule has 3 heteroatoms. The summed E-state index contributed by atoms with van der Waals surface area (Å²) >= 11 is 1.77. The third kappa shape index (κ3) is 1.31. The van der Waals surface area contributed by atoms with Gasteiger partial charge in [-0.2, -0.15) is 0 Å². The van der Waals surface area contributed by atoms with Crippen LogP contribution in [0.2, 0.25) is 0 Å². The minimum atomic E-state index is -0.431. The molecule has 1 unspecified atom stereocenters. The number of carbonyl (C=O) groups excluding carboxylic acids is 1. The number of hydrogen-bond donors (Lipinski definition) is 0. The number of thioether (sulfide) groups is 1. The van der Waals surface area contributed by atoms with E-state index in [1.807, 2.05) is 6.08 Å². The lowest BCUT2D eigenvalue weighted by Gasteiger charge is -2.36. The molecule has 0 aromatic heterocycles. The van der Waals surface area contributed by atoms with Crippen LogP contribution >= 0.6 is 11.8 Å². The lowest BCUT2D eigenvalue weighted by Crippen LogP contribution is -2.44. The first-order chi connectivity index (χ1) is 5.83. The number of carbonyl (C=O) groups is 1. The molecular formula is C9H12O2S. The maximum Gasteiger partial charge on any atom is 0.187 e. The van der Waals surface area contributed by atoms with Gasteiger partial charge in [0.05, 0.1) is 5.94 Å². The van der Waals surface area contributed by atoms with E-state index >= 15 is 0 Å². The topological polar surface area (TPSA) is 26.3 Å². The van der Waals surface area contributed by atoms with Crippen LogP contribution in [0.1, 0.15) is 19.3 Å². The number of ether oxygens (including phenoxy) is 1.